The molecule has 0 saturated heterocycles. The van der Waals surface area contributed by atoms with E-state index in [0.717, 1.165) is 5.56 Å². The van der Waals surface area contributed by atoms with Crippen molar-refractivity contribution in [2.45, 2.75) is 16.1 Å². The molecular formula is C16H14ClNO2S2. The number of benzene rings is 2. The fourth-order valence-electron chi connectivity index (χ4n) is 2.86. The lowest BCUT2D eigenvalue weighted by molar-refractivity contribution is 0.593. The van der Waals surface area contributed by atoms with Gasteiger partial charge in [-0.1, -0.05) is 54.2 Å². The molecule has 114 valence electrons. The summed E-state index contributed by atoms with van der Waals surface area (Å²) in [6, 6.07) is 15.6. The molecule has 3 atom stereocenters. The van der Waals surface area contributed by atoms with Gasteiger partial charge in [-0.05, 0) is 29.8 Å². The van der Waals surface area contributed by atoms with Gasteiger partial charge in [0.1, 0.15) is 0 Å². The molecule has 2 N–H and O–H groups in total. The molecule has 0 radical (unpaired) electrons. The Morgan fingerprint density at radius 1 is 1.05 bits per heavy atom. The summed E-state index contributed by atoms with van der Waals surface area (Å²) in [6.07, 6.45) is 0. The monoisotopic (exact) mass is 351 g/mol. The van der Waals surface area contributed by atoms with Gasteiger partial charge in [-0.2, -0.15) is 0 Å². The van der Waals surface area contributed by atoms with E-state index in [1.165, 1.54) is 0 Å². The van der Waals surface area contributed by atoms with E-state index in [9.17, 15) is 8.42 Å². The number of thiocarbonyl (C=S) groups is 1. The molecule has 1 aliphatic rings. The van der Waals surface area contributed by atoms with Crippen molar-refractivity contribution in [2.24, 2.45) is 11.7 Å². The smallest absolute Gasteiger partial charge is 0.182 e. The van der Waals surface area contributed by atoms with Gasteiger partial charge in [-0.25, -0.2) is 8.42 Å². The van der Waals surface area contributed by atoms with E-state index >= 15 is 0 Å². The normalized spacial score (nSPS) is 24.0. The van der Waals surface area contributed by atoms with Gasteiger partial charge < -0.3 is 5.73 Å². The summed E-state index contributed by atoms with van der Waals surface area (Å²) < 4.78 is 25.6. The van der Waals surface area contributed by atoms with Crippen molar-refractivity contribution in [1.82, 2.24) is 0 Å². The molecule has 0 unspecified atom stereocenters. The Kier molecular flexibility index (Phi) is 3.97. The van der Waals surface area contributed by atoms with Crippen LogP contribution in [0.1, 0.15) is 11.5 Å². The Labute approximate surface area is 140 Å². The second kappa shape index (κ2) is 5.65. The van der Waals surface area contributed by atoms with Crippen LogP contribution in [0.5, 0.6) is 0 Å². The number of sulfone groups is 1. The van der Waals surface area contributed by atoms with Crippen molar-refractivity contribution in [3.63, 3.8) is 0 Å². The highest BCUT2D eigenvalue weighted by molar-refractivity contribution is 7.92. The third-order valence-electron chi connectivity index (χ3n) is 3.97. The number of hydrogen-bond acceptors (Lipinski definition) is 3. The summed E-state index contributed by atoms with van der Waals surface area (Å²) in [4.78, 5) is 0.544. The van der Waals surface area contributed by atoms with Gasteiger partial charge in [0, 0.05) is 16.9 Å². The van der Waals surface area contributed by atoms with Crippen molar-refractivity contribution < 1.29 is 8.42 Å². The molecule has 22 heavy (non-hydrogen) atoms. The highest BCUT2D eigenvalue weighted by atomic mass is 35.5. The van der Waals surface area contributed by atoms with Crippen molar-refractivity contribution in [2.75, 3.05) is 0 Å². The average Bonchev–Trinajstić information content (AvgIpc) is 3.25. The van der Waals surface area contributed by atoms with E-state index < -0.39 is 15.1 Å². The molecule has 0 spiro atoms. The largest absolute Gasteiger partial charge is 0.393 e. The summed E-state index contributed by atoms with van der Waals surface area (Å²) in [5.41, 5.74) is 6.66. The molecule has 6 heteroatoms. The Balaban J connectivity index is 1.99. The molecule has 2 aromatic carbocycles. The van der Waals surface area contributed by atoms with Crippen LogP contribution in [0.3, 0.4) is 0 Å². The summed E-state index contributed by atoms with van der Waals surface area (Å²) >= 11 is 11.0. The molecular weight excluding hydrogens is 338 g/mol. The first-order valence-electron chi connectivity index (χ1n) is 6.76. The van der Waals surface area contributed by atoms with Crippen LogP contribution in [-0.4, -0.2) is 18.7 Å². The van der Waals surface area contributed by atoms with Crippen LogP contribution >= 0.6 is 23.8 Å². The first kappa shape index (κ1) is 15.5. The molecule has 0 aromatic heterocycles. The summed E-state index contributed by atoms with van der Waals surface area (Å²) in [5.74, 6) is -0.540. The minimum Gasteiger partial charge on any atom is -0.393 e. The Hall–Kier alpha value is -1.43. The first-order valence-corrected chi connectivity index (χ1v) is 9.10. The van der Waals surface area contributed by atoms with Crippen LogP contribution in [0.25, 0.3) is 0 Å². The van der Waals surface area contributed by atoms with Crippen LogP contribution in [0.4, 0.5) is 0 Å². The minimum atomic E-state index is -3.47. The lowest BCUT2D eigenvalue weighted by Gasteiger charge is -2.04. The third kappa shape index (κ3) is 2.64. The average molecular weight is 352 g/mol. The predicted molar refractivity (Wildman–Crippen MR) is 91.9 cm³/mol. The third-order valence-corrected chi connectivity index (χ3v) is 6.72. The lowest BCUT2D eigenvalue weighted by Crippen LogP contribution is -2.17. The maximum absolute atomic E-state index is 12.8. The Morgan fingerprint density at radius 3 is 2.18 bits per heavy atom. The van der Waals surface area contributed by atoms with Gasteiger partial charge >= 0.3 is 0 Å². The minimum absolute atomic E-state index is 0.208. The first-order chi connectivity index (χ1) is 10.4. The fraction of sp³-hybridized carbons (Fsp3) is 0.188. The van der Waals surface area contributed by atoms with Crippen molar-refractivity contribution in [3.05, 3.63) is 65.2 Å². The number of nitrogens with two attached hydrogens (primary N) is 1. The van der Waals surface area contributed by atoms with Crippen LogP contribution in [0.15, 0.2) is 59.5 Å². The zero-order valence-electron chi connectivity index (χ0n) is 11.5. The number of rotatable bonds is 4. The van der Waals surface area contributed by atoms with Crippen molar-refractivity contribution in [1.29, 1.82) is 0 Å². The van der Waals surface area contributed by atoms with Crippen LogP contribution in [0, 0.1) is 5.92 Å². The van der Waals surface area contributed by atoms with Crippen molar-refractivity contribution >= 4 is 38.6 Å². The topological polar surface area (TPSA) is 60.2 Å². The van der Waals surface area contributed by atoms with Gasteiger partial charge in [0.2, 0.25) is 0 Å². The molecule has 3 rings (SSSR count). The maximum Gasteiger partial charge on any atom is 0.182 e. The van der Waals surface area contributed by atoms with E-state index in [2.05, 4.69) is 0 Å². The van der Waals surface area contributed by atoms with E-state index in [-0.39, 0.29) is 16.8 Å². The highest BCUT2D eigenvalue weighted by Crippen LogP contribution is 2.54. The Bertz CT molecular complexity index is 804. The molecule has 1 saturated carbocycles. The molecule has 0 amide bonds. The molecule has 2 aromatic rings. The summed E-state index contributed by atoms with van der Waals surface area (Å²) in [7, 11) is -3.47. The van der Waals surface area contributed by atoms with Gasteiger partial charge in [-0.15, -0.1) is 0 Å². The van der Waals surface area contributed by atoms with Crippen LogP contribution in [-0.2, 0) is 9.84 Å². The fourth-order valence-corrected chi connectivity index (χ4v) is 5.54. The van der Waals surface area contributed by atoms with Gasteiger partial charge in [0.25, 0.3) is 0 Å². The maximum atomic E-state index is 12.8. The van der Waals surface area contributed by atoms with E-state index in [0.29, 0.717) is 9.92 Å². The van der Waals surface area contributed by atoms with Crippen molar-refractivity contribution in [3.8, 4) is 0 Å². The zero-order chi connectivity index (χ0) is 15.9. The summed E-state index contributed by atoms with van der Waals surface area (Å²) in [6.45, 7) is 0. The number of halogens is 1. The lowest BCUT2D eigenvalue weighted by atomic mass is 10.1. The molecule has 1 aliphatic carbocycles. The number of hydrogen-bond donors (Lipinski definition) is 1. The van der Waals surface area contributed by atoms with Gasteiger partial charge in [-0.3, -0.25) is 0 Å². The van der Waals surface area contributed by atoms with E-state index in [4.69, 9.17) is 29.6 Å². The zero-order valence-corrected chi connectivity index (χ0v) is 13.9. The Morgan fingerprint density at radius 2 is 1.64 bits per heavy atom. The van der Waals surface area contributed by atoms with Crippen LogP contribution in [0.2, 0.25) is 5.02 Å². The molecule has 0 aliphatic heterocycles. The molecule has 1 fully saturated rings. The summed E-state index contributed by atoms with van der Waals surface area (Å²) in [5, 5.41) is 0.00678. The SMILES string of the molecule is NC(=S)[C@@H]1[C@H](c2ccc(Cl)cc2)[C@@H]1S(=O)(=O)c1ccccc1. The highest BCUT2D eigenvalue weighted by Gasteiger charge is 2.60. The molecule has 0 bridgehead atoms. The van der Waals surface area contributed by atoms with E-state index in [1.807, 2.05) is 12.1 Å². The second-order valence-corrected chi connectivity index (χ2v) is 8.34. The molecule has 3 nitrogen and oxygen atoms in total. The van der Waals surface area contributed by atoms with Gasteiger partial charge in [0.15, 0.2) is 9.84 Å². The quantitative estimate of drug-likeness (QED) is 0.859. The van der Waals surface area contributed by atoms with Crippen LogP contribution < -0.4 is 5.73 Å². The standard InChI is InChI=1S/C16H14ClNO2S2/c17-11-8-6-10(7-9-11)13-14(16(18)21)15(13)22(19,20)12-4-2-1-3-5-12/h1-9,13-15H,(H2,18,21)/t13-,14+,15-/m0/s1. The second-order valence-electron chi connectivity index (χ2n) is 5.33. The predicted octanol–water partition coefficient (Wildman–Crippen LogP) is 3.18. The molecule has 0 heterocycles. The van der Waals surface area contributed by atoms with Gasteiger partial charge in [0.05, 0.1) is 15.1 Å². The van der Waals surface area contributed by atoms with E-state index in [1.54, 1.807) is 42.5 Å².